The Labute approximate surface area is 209 Å². The minimum absolute atomic E-state index is 0.229. The maximum Gasteiger partial charge on any atom is 0.150 e. The summed E-state index contributed by atoms with van der Waals surface area (Å²) in [6.45, 7) is 6.95. The molecule has 2 heterocycles. The van der Waals surface area contributed by atoms with Crippen LogP contribution >= 0.6 is 0 Å². The van der Waals surface area contributed by atoms with Gasteiger partial charge in [-0.15, -0.1) is 0 Å². The number of likely N-dealkylation sites (tertiary alicyclic amines) is 1. The van der Waals surface area contributed by atoms with Gasteiger partial charge in [-0.2, -0.15) is 0 Å². The van der Waals surface area contributed by atoms with Gasteiger partial charge in [-0.3, -0.25) is 14.3 Å². The van der Waals surface area contributed by atoms with Gasteiger partial charge in [0.05, 0.1) is 6.67 Å². The Morgan fingerprint density at radius 2 is 1.97 bits per heavy atom. The third-order valence-corrected chi connectivity index (χ3v) is 8.13. The van der Waals surface area contributed by atoms with Crippen molar-refractivity contribution in [2.24, 2.45) is 11.3 Å². The van der Waals surface area contributed by atoms with Crippen molar-refractivity contribution in [3.8, 4) is 0 Å². The predicted molar refractivity (Wildman–Crippen MR) is 140 cm³/mol. The summed E-state index contributed by atoms with van der Waals surface area (Å²) in [5, 5.41) is 0. The van der Waals surface area contributed by atoms with Crippen molar-refractivity contribution in [1.82, 2.24) is 9.88 Å². The van der Waals surface area contributed by atoms with Crippen molar-refractivity contribution in [2.45, 2.75) is 65.2 Å². The molecule has 1 saturated carbocycles. The fraction of sp³-hybridized carbons (Fsp3) is 0.516. The minimum Gasteiger partial charge on any atom is -0.295 e. The molecule has 2 fully saturated rings. The fourth-order valence-electron chi connectivity index (χ4n) is 6.45. The highest BCUT2D eigenvalue weighted by Gasteiger charge is 2.33. The first-order valence-electron chi connectivity index (χ1n) is 13.4. The van der Waals surface area contributed by atoms with Gasteiger partial charge in [-0.25, -0.2) is 4.39 Å². The number of alkyl halides is 1. The second-order valence-corrected chi connectivity index (χ2v) is 11.5. The number of hydrogen-bond acceptors (Lipinski definition) is 2. The van der Waals surface area contributed by atoms with Gasteiger partial charge in [0, 0.05) is 31.4 Å². The molecule has 2 aliphatic carbocycles. The molecule has 0 radical (unpaired) electrons. The smallest absolute Gasteiger partial charge is 0.150 e. The number of benzene rings is 1. The molecule has 0 amide bonds. The Morgan fingerprint density at radius 3 is 2.74 bits per heavy atom. The fourth-order valence-corrected chi connectivity index (χ4v) is 6.45. The van der Waals surface area contributed by atoms with E-state index in [9.17, 15) is 4.39 Å². The molecule has 35 heavy (non-hydrogen) atoms. The van der Waals surface area contributed by atoms with Crippen LogP contribution in [-0.4, -0.2) is 36.2 Å². The van der Waals surface area contributed by atoms with Crippen LogP contribution in [0.2, 0.25) is 0 Å². The summed E-state index contributed by atoms with van der Waals surface area (Å²) in [6.07, 6.45) is 12.5. The maximum absolute atomic E-state index is 15.8. The van der Waals surface area contributed by atoms with Crippen LogP contribution < -0.4 is 0 Å². The number of rotatable bonds is 6. The highest BCUT2D eigenvalue weighted by molar-refractivity contribution is 5.83. The number of aromatic nitrogens is 1. The van der Waals surface area contributed by atoms with Gasteiger partial charge in [0.2, 0.25) is 0 Å². The van der Waals surface area contributed by atoms with Crippen molar-refractivity contribution < 1.29 is 8.78 Å². The van der Waals surface area contributed by atoms with E-state index in [2.05, 4.69) is 43.0 Å². The molecule has 1 saturated heterocycles. The molecule has 1 aromatic heterocycles. The average Bonchev–Trinajstić information content (AvgIpc) is 3.00. The van der Waals surface area contributed by atoms with E-state index in [0.29, 0.717) is 23.4 Å². The summed E-state index contributed by atoms with van der Waals surface area (Å²) in [5.74, 6) is 0.264. The van der Waals surface area contributed by atoms with E-state index in [0.717, 1.165) is 50.0 Å². The molecule has 5 rings (SSSR count). The Kier molecular flexibility index (Phi) is 7.20. The molecule has 4 heteroatoms. The average molecular weight is 477 g/mol. The van der Waals surface area contributed by atoms with Gasteiger partial charge in [0.25, 0.3) is 0 Å². The number of nitrogens with zero attached hydrogens (tertiary/aromatic N) is 2. The SMILES string of the molecule is CC1(C)CCCC(C2=C(c3ncc(C=C4CN(CCCF)C4)cc3F)c3ccccc3CCC2)C1. The van der Waals surface area contributed by atoms with E-state index >= 15 is 4.39 Å². The van der Waals surface area contributed by atoms with Gasteiger partial charge < -0.3 is 0 Å². The second kappa shape index (κ2) is 10.3. The lowest BCUT2D eigenvalue weighted by Gasteiger charge is -2.37. The molecule has 3 aliphatic rings. The van der Waals surface area contributed by atoms with Crippen molar-refractivity contribution in [3.05, 3.63) is 75.9 Å². The second-order valence-electron chi connectivity index (χ2n) is 11.5. The van der Waals surface area contributed by atoms with Crippen LogP contribution in [0.15, 0.2) is 47.7 Å². The number of halogens is 2. The molecule has 0 spiro atoms. The van der Waals surface area contributed by atoms with Gasteiger partial charge in [-0.05, 0) is 84.6 Å². The van der Waals surface area contributed by atoms with Gasteiger partial charge >= 0.3 is 0 Å². The van der Waals surface area contributed by atoms with Crippen molar-refractivity contribution in [3.63, 3.8) is 0 Å². The maximum atomic E-state index is 15.8. The lowest BCUT2D eigenvalue weighted by atomic mass is 9.68. The molecular weight excluding hydrogens is 438 g/mol. The molecule has 1 aliphatic heterocycles. The quantitative estimate of drug-likeness (QED) is 0.426. The summed E-state index contributed by atoms with van der Waals surface area (Å²) >= 11 is 0. The lowest BCUT2D eigenvalue weighted by Crippen LogP contribution is -2.40. The Bertz CT molecular complexity index is 1120. The zero-order valence-corrected chi connectivity index (χ0v) is 21.3. The van der Waals surface area contributed by atoms with Gasteiger partial charge in [0.1, 0.15) is 11.5 Å². The van der Waals surface area contributed by atoms with Crippen LogP contribution in [-0.2, 0) is 6.42 Å². The molecule has 1 atom stereocenters. The van der Waals surface area contributed by atoms with Gasteiger partial charge in [-0.1, -0.05) is 56.2 Å². The van der Waals surface area contributed by atoms with E-state index in [-0.39, 0.29) is 12.5 Å². The van der Waals surface area contributed by atoms with E-state index in [1.54, 1.807) is 6.07 Å². The van der Waals surface area contributed by atoms with Crippen molar-refractivity contribution in [1.29, 1.82) is 0 Å². The summed E-state index contributed by atoms with van der Waals surface area (Å²) in [6, 6.07) is 10.2. The van der Waals surface area contributed by atoms with Crippen LogP contribution in [0.4, 0.5) is 8.78 Å². The summed E-state index contributed by atoms with van der Waals surface area (Å²) in [5.41, 5.74) is 7.86. The molecular formula is C31H38F2N2. The molecule has 2 nitrogen and oxygen atoms in total. The zero-order chi connectivity index (χ0) is 24.4. The lowest BCUT2D eigenvalue weighted by molar-refractivity contribution is 0.198. The Balaban J connectivity index is 1.50. The molecule has 2 aromatic rings. The number of fused-ring (bicyclic) bond motifs is 1. The third kappa shape index (κ3) is 5.43. The standard InChI is InChI=1S/C31H38F2N2/c1-31(2)13-6-10-25(18-31)27-12-5-9-24-8-3-4-11-26(24)29(27)30-28(33)17-22(19-34-30)16-23-20-35(21-23)15-7-14-32/h3-4,8,11,16-17,19,25H,5-7,9-10,12-15,18,20-21H2,1-2H3. The molecule has 1 unspecified atom stereocenters. The molecule has 0 bridgehead atoms. The summed E-state index contributed by atoms with van der Waals surface area (Å²) in [7, 11) is 0. The minimum atomic E-state index is -0.272. The topological polar surface area (TPSA) is 16.1 Å². The molecule has 0 N–H and O–H groups in total. The predicted octanol–water partition coefficient (Wildman–Crippen LogP) is 7.63. The third-order valence-electron chi connectivity index (χ3n) is 8.13. The number of pyridine rings is 1. The zero-order valence-electron chi connectivity index (χ0n) is 21.3. The Hall–Kier alpha value is -2.33. The highest BCUT2D eigenvalue weighted by atomic mass is 19.1. The largest absolute Gasteiger partial charge is 0.295 e. The molecule has 186 valence electrons. The van der Waals surface area contributed by atoms with E-state index in [1.165, 1.54) is 48.0 Å². The van der Waals surface area contributed by atoms with E-state index in [1.807, 2.05) is 12.3 Å². The van der Waals surface area contributed by atoms with Crippen LogP contribution in [0.25, 0.3) is 11.6 Å². The number of hydrogen-bond donors (Lipinski definition) is 0. The number of aryl methyl sites for hydroxylation is 1. The normalized spacial score (nSPS) is 22.4. The number of allylic oxidation sites excluding steroid dienone is 1. The van der Waals surface area contributed by atoms with E-state index in [4.69, 9.17) is 4.98 Å². The van der Waals surface area contributed by atoms with Crippen LogP contribution in [0.3, 0.4) is 0 Å². The summed E-state index contributed by atoms with van der Waals surface area (Å²) < 4.78 is 28.2. The van der Waals surface area contributed by atoms with Crippen molar-refractivity contribution in [2.75, 3.05) is 26.3 Å². The van der Waals surface area contributed by atoms with Crippen LogP contribution in [0.1, 0.15) is 81.2 Å². The molecule has 1 aromatic carbocycles. The highest BCUT2D eigenvalue weighted by Crippen LogP contribution is 2.47. The first-order chi connectivity index (χ1) is 16.9. The van der Waals surface area contributed by atoms with Crippen LogP contribution in [0.5, 0.6) is 0 Å². The first-order valence-corrected chi connectivity index (χ1v) is 13.4. The Morgan fingerprint density at radius 1 is 1.14 bits per heavy atom. The first kappa shape index (κ1) is 24.4. The summed E-state index contributed by atoms with van der Waals surface area (Å²) in [4.78, 5) is 6.98. The van der Waals surface area contributed by atoms with Crippen molar-refractivity contribution >= 4 is 11.6 Å². The van der Waals surface area contributed by atoms with Gasteiger partial charge in [0.15, 0.2) is 0 Å². The van der Waals surface area contributed by atoms with E-state index < -0.39 is 0 Å². The van der Waals surface area contributed by atoms with Crippen LogP contribution in [0, 0.1) is 17.2 Å². The monoisotopic (exact) mass is 476 g/mol.